The van der Waals surface area contributed by atoms with Gasteiger partial charge in [-0.15, -0.1) is 0 Å². The second-order valence-electron chi connectivity index (χ2n) is 4.22. The highest BCUT2D eigenvalue weighted by atomic mass is 32.2. The van der Waals surface area contributed by atoms with E-state index in [9.17, 15) is 9.32 Å². The van der Waals surface area contributed by atoms with Gasteiger partial charge in [-0.05, 0) is 19.1 Å². The molecule has 0 radical (unpaired) electrons. The fourth-order valence-electron chi connectivity index (χ4n) is 1.32. The Bertz CT molecular complexity index is 342. The molecule has 2 N–H and O–H groups in total. The molecule has 1 rings (SSSR count). The van der Waals surface area contributed by atoms with Crippen LogP contribution >= 0.6 is 0 Å². The fourth-order valence-corrected chi connectivity index (χ4v) is 1.67. The minimum absolute atomic E-state index is 0.0845. The lowest BCUT2D eigenvalue weighted by Gasteiger charge is -2.14. The van der Waals surface area contributed by atoms with Crippen molar-refractivity contribution in [3.63, 3.8) is 0 Å². The van der Waals surface area contributed by atoms with Crippen LogP contribution in [0.25, 0.3) is 0 Å². The van der Waals surface area contributed by atoms with E-state index in [-0.39, 0.29) is 11.9 Å². The third kappa shape index (κ3) is 6.30. The average molecular weight is 275 g/mol. The van der Waals surface area contributed by atoms with E-state index in [4.69, 9.17) is 9.15 Å². The van der Waals surface area contributed by atoms with Crippen molar-refractivity contribution >= 4 is 10.8 Å². The molecule has 0 fully saturated rings. The summed E-state index contributed by atoms with van der Waals surface area (Å²) in [6, 6.07) is 3.62. The van der Waals surface area contributed by atoms with Crippen molar-refractivity contribution < 1.29 is 18.5 Å². The monoisotopic (exact) mass is 275 g/mol. The van der Waals surface area contributed by atoms with Crippen molar-refractivity contribution in [3.8, 4) is 0 Å². The van der Waals surface area contributed by atoms with Crippen LogP contribution in [0.3, 0.4) is 0 Å². The van der Waals surface area contributed by atoms with Gasteiger partial charge in [-0.2, -0.15) is 0 Å². The molecule has 0 aliphatic rings. The Morgan fingerprint density at radius 3 is 2.94 bits per heavy atom. The Kier molecular flexibility index (Phi) is 7.19. The van der Waals surface area contributed by atoms with Crippen LogP contribution in [-0.4, -0.2) is 46.6 Å². The molecule has 0 saturated carbocycles. The minimum Gasteiger partial charge on any atom is -0.467 e. The quantitative estimate of drug-likeness (QED) is 0.687. The van der Waals surface area contributed by atoms with Crippen LogP contribution in [0.2, 0.25) is 0 Å². The average Bonchev–Trinajstić information content (AvgIpc) is 2.81. The molecule has 3 unspecified atom stereocenters. The molecule has 6 heteroatoms. The van der Waals surface area contributed by atoms with E-state index in [2.05, 4.69) is 5.32 Å². The van der Waals surface area contributed by atoms with Crippen LogP contribution in [-0.2, 0) is 22.1 Å². The number of ether oxygens (including phenoxy) is 1. The summed E-state index contributed by atoms with van der Waals surface area (Å²) in [4.78, 5) is 0. The van der Waals surface area contributed by atoms with Gasteiger partial charge in [0.2, 0.25) is 0 Å². The molecule has 0 aromatic carbocycles. The van der Waals surface area contributed by atoms with Gasteiger partial charge in [0.1, 0.15) is 12.4 Å². The highest BCUT2D eigenvalue weighted by Gasteiger charge is 2.08. The summed E-state index contributed by atoms with van der Waals surface area (Å²) in [6.45, 7) is 3.57. The van der Waals surface area contributed by atoms with Gasteiger partial charge >= 0.3 is 0 Å². The first-order valence-electron chi connectivity index (χ1n) is 5.90. The van der Waals surface area contributed by atoms with Crippen molar-refractivity contribution in [1.82, 2.24) is 5.32 Å². The second-order valence-corrected chi connectivity index (χ2v) is 6.02. The smallest absolute Gasteiger partial charge is 0.129 e. The molecule has 1 aromatic rings. The zero-order valence-corrected chi connectivity index (χ0v) is 11.6. The first-order chi connectivity index (χ1) is 8.59. The number of aliphatic hydroxyl groups is 1. The largest absolute Gasteiger partial charge is 0.467 e. The lowest BCUT2D eigenvalue weighted by Crippen LogP contribution is -2.35. The van der Waals surface area contributed by atoms with Crippen LogP contribution < -0.4 is 5.32 Å². The minimum atomic E-state index is -0.838. The van der Waals surface area contributed by atoms with Gasteiger partial charge in [0.15, 0.2) is 0 Å². The van der Waals surface area contributed by atoms with E-state index in [1.807, 2.05) is 13.0 Å². The summed E-state index contributed by atoms with van der Waals surface area (Å²) in [5.74, 6) is 0.741. The predicted molar refractivity (Wildman–Crippen MR) is 70.8 cm³/mol. The second kappa shape index (κ2) is 8.42. The van der Waals surface area contributed by atoms with E-state index < -0.39 is 16.9 Å². The number of furan rings is 1. The van der Waals surface area contributed by atoms with Gasteiger partial charge in [0.25, 0.3) is 0 Å². The number of hydrogen-bond acceptors (Lipinski definition) is 5. The van der Waals surface area contributed by atoms with Crippen LogP contribution in [0.5, 0.6) is 0 Å². The molecular formula is C12H21NO4S. The van der Waals surface area contributed by atoms with Gasteiger partial charge < -0.3 is 19.6 Å². The third-order valence-corrected chi connectivity index (χ3v) is 3.81. The standard InChI is InChI=1S/C12H21NO4S/c1-10(18(2)15)6-13-7-11(14)8-16-9-12-4-3-5-17-12/h3-5,10-11,13-14H,6-9H2,1-2H3. The highest BCUT2D eigenvalue weighted by molar-refractivity contribution is 7.84. The highest BCUT2D eigenvalue weighted by Crippen LogP contribution is 2.01. The van der Waals surface area contributed by atoms with Gasteiger partial charge in [-0.1, -0.05) is 0 Å². The maximum atomic E-state index is 11.1. The van der Waals surface area contributed by atoms with Crippen molar-refractivity contribution in [1.29, 1.82) is 0 Å². The van der Waals surface area contributed by atoms with E-state index in [1.54, 1.807) is 18.6 Å². The first kappa shape index (κ1) is 15.4. The lowest BCUT2D eigenvalue weighted by molar-refractivity contribution is 0.0228. The van der Waals surface area contributed by atoms with Crippen LogP contribution in [0.15, 0.2) is 22.8 Å². The van der Waals surface area contributed by atoms with Crippen molar-refractivity contribution in [2.24, 2.45) is 0 Å². The summed E-state index contributed by atoms with van der Waals surface area (Å²) in [5.41, 5.74) is 0. The maximum Gasteiger partial charge on any atom is 0.129 e. The summed E-state index contributed by atoms with van der Waals surface area (Å²) in [5, 5.41) is 12.8. The summed E-state index contributed by atoms with van der Waals surface area (Å²) < 4.78 is 21.5. The molecule has 3 atom stereocenters. The van der Waals surface area contributed by atoms with Crippen molar-refractivity contribution in [2.45, 2.75) is 24.9 Å². The molecule has 0 spiro atoms. The Hall–Kier alpha value is -0.690. The number of hydrogen-bond donors (Lipinski definition) is 2. The SMILES string of the molecule is CC(CNCC(O)COCc1ccco1)S(C)=O. The number of nitrogens with one attached hydrogen (secondary N) is 1. The third-order valence-electron chi connectivity index (χ3n) is 2.51. The molecule has 0 bridgehead atoms. The predicted octanol–water partition coefficient (Wildman–Crippen LogP) is 0.514. The molecule has 1 heterocycles. The van der Waals surface area contributed by atoms with Gasteiger partial charge in [-0.25, -0.2) is 0 Å². The Balaban J connectivity index is 2.03. The Morgan fingerprint density at radius 1 is 1.56 bits per heavy atom. The Morgan fingerprint density at radius 2 is 2.33 bits per heavy atom. The van der Waals surface area contributed by atoms with E-state index >= 15 is 0 Å². The van der Waals surface area contributed by atoms with E-state index in [0.29, 0.717) is 19.7 Å². The fraction of sp³-hybridized carbons (Fsp3) is 0.667. The zero-order chi connectivity index (χ0) is 13.4. The van der Waals surface area contributed by atoms with Crippen LogP contribution in [0, 0.1) is 0 Å². The lowest BCUT2D eigenvalue weighted by atomic mass is 10.3. The molecule has 0 amide bonds. The zero-order valence-electron chi connectivity index (χ0n) is 10.8. The summed E-state index contributed by atoms with van der Waals surface area (Å²) in [7, 11) is -0.838. The van der Waals surface area contributed by atoms with Crippen LogP contribution in [0.1, 0.15) is 12.7 Å². The van der Waals surface area contributed by atoms with E-state index in [0.717, 1.165) is 5.76 Å². The number of rotatable bonds is 9. The molecule has 5 nitrogen and oxygen atoms in total. The molecular weight excluding hydrogens is 254 g/mol. The summed E-state index contributed by atoms with van der Waals surface area (Å²) >= 11 is 0. The molecule has 104 valence electrons. The van der Waals surface area contributed by atoms with Crippen LogP contribution in [0.4, 0.5) is 0 Å². The molecule has 1 aromatic heterocycles. The van der Waals surface area contributed by atoms with Gasteiger partial charge in [-0.3, -0.25) is 4.21 Å². The maximum absolute atomic E-state index is 11.1. The topological polar surface area (TPSA) is 71.7 Å². The molecule has 0 aliphatic carbocycles. The van der Waals surface area contributed by atoms with Gasteiger partial charge in [0.05, 0.1) is 19.0 Å². The summed E-state index contributed by atoms with van der Waals surface area (Å²) in [6.07, 6.45) is 2.69. The van der Waals surface area contributed by atoms with Crippen molar-refractivity contribution in [3.05, 3.63) is 24.2 Å². The van der Waals surface area contributed by atoms with E-state index in [1.165, 1.54) is 0 Å². The first-order valence-corrected chi connectivity index (χ1v) is 7.53. The number of aliphatic hydroxyl groups excluding tert-OH is 1. The normalized spacial score (nSPS) is 16.4. The van der Waals surface area contributed by atoms with Crippen molar-refractivity contribution in [2.75, 3.05) is 26.0 Å². The van der Waals surface area contributed by atoms with Gasteiger partial charge in [0, 0.05) is 35.4 Å². The molecule has 18 heavy (non-hydrogen) atoms. The molecule has 0 saturated heterocycles. The Labute approximate surface area is 110 Å². The molecule has 0 aliphatic heterocycles.